The van der Waals surface area contributed by atoms with E-state index in [-0.39, 0.29) is 22.4 Å². The van der Waals surface area contributed by atoms with Crippen LogP contribution in [-0.4, -0.2) is 34.5 Å². The fraction of sp³-hybridized carbons (Fsp3) is 0.417. The van der Waals surface area contributed by atoms with Gasteiger partial charge in [0, 0.05) is 20.0 Å². The van der Waals surface area contributed by atoms with Gasteiger partial charge in [-0.25, -0.2) is 13.1 Å². The van der Waals surface area contributed by atoms with Gasteiger partial charge in [0.25, 0.3) is 0 Å². The minimum Gasteiger partial charge on any atom is -0.495 e. The first kappa shape index (κ1) is 16.7. The van der Waals surface area contributed by atoms with Gasteiger partial charge in [0.15, 0.2) is 0 Å². The predicted octanol–water partition coefficient (Wildman–Crippen LogP) is 1.15. The summed E-state index contributed by atoms with van der Waals surface area (Å²) in [4.78, 5) is 10.7. The number of amides is 1. The topological polar surface area (TPSA) is 84.5 Å². The van der Waals surface area contributed by atoms with Crippen molar-refractivity contribution < 1.29 is 17.9 Å². The van der Waals surface area contributed by atoms with Gasteiger partial charge in [-0.2, -0.15) is 0 Å². The number of nitrogens with one attached hydrogen (secondary N) is 2. The fourth-order valence-corrected chi connectivity index (χ4v) is 2.88. The highest BCUT2D eigenvalue weighted by molar-refractivity contribution is 7.89. The normalized spacial score (nSPS) is 11.2. The number of halogens is 1. The first-order chi connectivity index (χ1) is 9.36. The van der Waals surface area contributed by atoms with Crippen LogP contribution in [0.3, 0.4) is 0 Å². The lowest BCUT2D eigenvalue weighted by molar-refractivity contribution is -0.118. The smallest absolute Gasteiger partial charge is 0.240 e. The highest BCUT2D eigenvalue weighted by Crippen LogP contribution is 2.26. The van der Waals surface area contributed by atoms with Crippen molar-refractivity contribution in [2.45, 2.75) is 18.2 Å². The summed E-state index contributed by atoms with van der Waals surface area (Å²) in [5.41, 5.74) is 0. The Bertz CT molecular complexity index is 575. The lowest BCUT2D eigenvalue weighted by Crippen LogP contribution is -2.28. The van der Waals surface area contributed by atoms with Gasteiger partial charge in [0.05, 0.1) is 17.0 Å². The molecule has 2 N–H and O–H groups in total. The Kier molecular flexibility index (Phi) is 6.25. The number of hydrogen-bond donors (Lipinski definition) is 2. The van der Waals surface area contributed by atoms with Crippen LogP contribution in [0.2, 0.25) is 5.02 Å². The molecule has 0 aliphatic carbocycles. The Morgan fingerprint density at radius 3 is 2.60 bits per heavy atom. The van der Waals surface area contributed by atoms with E-state index >= 15 is 0 Å². The maximum atomic E-state index is 12.0. The molecule has 1 aromatic rings. The van der Waals surface area contributed by atoms with Crippen LogP contribution in [-0.2, 0) is 14.8 Å². The van der Waals surface area contributed by atoms with E-state index in [1.165, 1.54) is 32.2 Å². The maximum absolute atomic E-state index is 12.0. The number of ether oxygens (including phenoxy) is 1. The zero-order chi connectivity index (χ0) is 15.2. The van der Waals surface area contributed by atoms with E-state index in [0.29, 0.717) is 18.7 Å². The van der Waals surface area contributed by atoms with E-state index < -0.39 is 10.0 Å². The van der Waals surface area contributed by atoms with E-state index in [1.54, 1.807) is 0 Å². The highest BCUT2D eigenvalue weighted by Gasteiger charge is 2.15. The average Bonchev–Trinajstić information content (AvgIpc) is 2.37. The molecule has 0 spiro atoms. The summed E-state index contributed by atoms with van der Waals surface area (Å²) in [5.74, 6) is 0.270. The van der Waals surface area contributed by atoms with Crippen molar-refractivity contribution in [2.24, 2.45) is 0 Å². The lowest BCUT2D eigenvalue weighted by atomic mass is 10.3. The maximum Gasteiger partial charge on any atom is 0.240 e. The Morgan fingerprint density at radius 2 is 2.05 bits per heavy atom. The molecule has 1 amide bonds. The van der Waals surface area contributed by atoms with Crippen LogP contribution in [0.1, 0.15) is 13.3 Å². The van der Waals surface area contributed by atoms with Crippen molar-refractivity contribution in [3.8, 4) is 5.75 Å². The van der Waals surface area contributed by atoms with Gasteiger partial charge < -0.3 is 10.1 Å². The van der Waals surface area contributed by atoms with E-state index in [1.807, 2.05) is 0 Å². The lowest BCUT2D eigenvalue weighted by Gasteiger charge is -2.09. The highest BCUT2D eigenvalue weighted by atomic mass is 35.5. The van der Waals surface area contributed by atoms with E-state index in [9.17, 15) is 13.2 Å². The summed E-state index contributed by atoms with van der Waals surface area (Å²) >= 11 is 5.89. The standard InChI is InChI=1S/C12H17ClN2O4S/c1-9(16)14-6-3-7-15-20(17,18)10-4-5-12(19-2)11(13)8-10/h4-5,8,15H,3,6-7H2,1-2H3,(H,14,16). The average molecular weight is 321 g/mol. The molecule has 8 heteroatoms. The molecule has 0 radical (unpaired) electrons. The monoisotopic (exact) mass is 320 g/mol. The number of methoxy groups -OCH3 is 1. The molecule has 1 aromatic carbocycles. The van der Waals surface area contributed by atoms with Crippen LogP contribution in [0, 0.1) is 0 Å². The van der Waals surface area contributed by atoms with Crippen molar-refractivity contribution in [3.63, 3.8) is 0 Å². The van der Waals surface area contributed by atoms with Crippen LogP contribution in [0.15, 0.2) is 23.1 Å². The van der Waals surface area contributed by atoms with Crippen molar-refractivity contribution >= 4 is 27.5 Å². The number of sulfonamides is 1. The predicted molar refractivity (Wildman–Crippen MR) is 76.5 cm³/mol. The van der Waals surface area contributed by atoms with Crippen LogP contribution >= 0.6 is 11.6 Å². The number of carbonyl (C=O) groups excluding carboxylic acids is 1. The summed E-state index contributed by atoms with van der Waals surface area (Å²) in [7, 11) is -2.16. The van der Waals surface area contributed by atoms with Gasteiger partial charge in [-0.3, -0.25) is 4.79 Å². The van der Waals surface area contributed by atoms with Crippen LogP contribution in [0.4, 0.5) is 0 Å². The van der Waals surface area contributed by atoms with Gasteiger partial charge in [-0.05, 0) is 24.6 Å². The molecule has 0 heterocycles. The number of rotatable bonds is 7. The van der Waals surface area contributed by atoms with Crippen molar-refractivity contribution in [1.82, 2.24) is 10.0 Å². The molecule has 6 nitrogen and oxygen atoms in total. The van der Waals surface area contributed by atoms with Crippen LogP contribution in [0.25, 0.3) is 0 Å². The largest absolute Gasteiger partial charge is 0.495 e. The van der Waals surface area contributed by atoms with Gasteiger partial charge in [0.1, 0.15) is 5.75 Å². The molecule has 0 saturated carbocycles. The van der Waals surface area contributed by atoms with E-state index in [2.05, 4.69) is 10.0 Å². The molecule has 0 aliphatic heterocycles. The van der Waals surface area contributed by atoms with Gasteiger partial charge in [-0.15, -0.1) is 0 Å². The van der Waals surface area contributed by atoms with Crippen molar-refractivity contribution in [1.29, 1.82) is 0 Å². The molecule has 0 fully saturated rings. The second kappa shape index (κ2) is 7.47. The summed E-state index contributed by atoms with van der Waals surface area (Å²) < 4.78 is 31.4. The van der Waals surface area contributed by atoms with Crippen LogP contribution in [0.5, 0.6) is 5.75 Å². The molecule has 0 saturated heterocycles. The molecule has 112 valence electrons. The first-order valence-corrected chi connectivity index (χ1v) is 7.80. The minimum absolute atomic E-state index is 0.0721. The SMILES string of the molecule is COc1ccc(S(=O)(=O)NCCCNC(C)=O)cc1Cl. The zero-order valence-corrected chi connectivity index (χ0v) is 12.8. The quantitative estimate of drug-likeness (QED) is 0.738. The number of benzene rings is 1. The van der Waals surface area contributed by atoms with Crippen LogP contribution < -0.4 is 14.8 Å². The van der Waals surface area contributed by atoms with Crippen molar-refractivity contribution in [2.75, 3.05) is 20.2 Å². The molecule has 0 bridgehead atoms. The fourth-order valence-electron chi connectivity index (χ4n) is 1.46. The Labute approximate surface area is 123 Å². The summed E-state index contributed by atoms with van der Waals surface area (Å²) in [6.45, 7) is 2.05. The Balaban J connectivity index is 2.60. The van der Waals surface area contributed by atoms with Gasteiger partial charge in [0.2, 0.25) is 15.9 Å². The number of hydrogen-bond acceptors (Lipinski definition) is 4. The minimum atomic E-state index is -3.61. The van der Waals surface area contributed by atoms with E-state index in [0.717, 1.165) is 0 Å². The molecule has 0 aromatic heterocycles. The second-order valence-electron chi connectivity index (χ2n) is 4.03. The summed E-state index contributed by atoms with van der Waals surface area (Å²) in [6, 6.07) is 4.24. The summed E-state index contributed by atoms with van der Waals surface area (Å²) in [5, 5.41) is 2.81. The molecule has 1 rings (SSSR count). The van der Waals surface area contributed by atoms with E-state index in [4.69, 9.17) is 16.3 Å². The zero-order valence-electron chi connectivity index (χ0n) is 11.3. The molecule has 20 heavy (non-hydrogen) atoms. The Morgan fingerprint density at radius 1 is 1.35 bits per heavy atom. The molecule has 0 atom stereocenters. The third-order valence-electron chi connectivity index (χ3n) is 2.45. The third-order valence-corrected chi connectivity index (χ3v) is 4.21. The Hall–Kier alpha value is -1.31. The third kappa shape index (κ3) is 4.99. The van der Waals surface area contributed by atoms with Gasteiger partial charge >= 0.3 is 0 Å². The molecule has 0 aliphatic rings. The molecule has 0 unspecified atom stereocenters. The number of carbonyl (C=O) groups is 1. The van der Waals surface area contributed by atoms with Crippen molar-refractivity contribution in [3.05, 3.63) is 23.2 Å². The second-order valence-corrected chi connectivity index (χ2v) is 6.20. The molecular weight excluding hydrogens is 304 g/mol. The first-order valence-electron chi connectivity index (χ1n) is 5.94. The summed E-state index contributed by atoms with van der Waals surface area (Å²) in [6.07, 6.45) is 0.503. The molecular formula is C12H17ClN2O4S. The van der Waals surface area contributed by atoms with Gasteiger partial charge in [-0.1, -0.05) is 11.6 Å².